The maximum absolute atomic E-state index is 11.8. The molecule has 2 rings (SSSR count). The summed E-state index contributed by atoms with van der Waals surface area (Å²) in [7, 11) is 0. The summed E-state index contributed by atoms with van der Waals surface area (Å²) in [6.07, 6.45) is 5.74. The number of urea groups is 1. The normalized spacial score (nSPS) is 15.4. The van der Waals surface area contributed by atoms with Crippen LogP contribution >= 0.6 is 11.6 Å². The quantitative estimate of drug-likeness (QED) is 0.745. The Labute approximate surface area is 124 Å². The van der Waals surface area contributed by atoms with Gasteiger partial charge in [0.1, 0.15) is 0 Å². The minimum atomic E-state index is -0.231. The third kappa shape index (κ3) is 4.17. The molecule has 1 aromatic carbocycles. The second-order valence-electron chi connectivity index (χ2n) is 5.02. The molecule has 0 aromatic heterocycles. The van der Waals surface area contributed by atoms with Crippen molar-refractivity contribution in [2.45, 2.75) is 38.1 Å². The van der Waals surface area contributed by atoms with E-state index in [1.54, 1.807) is 6.07 Å². The van der Waals surface area contributed by atoms with Crippen molar-refractivity contribution in [3.05, 3.63) is 41.4 Å². The first kappa shape index (κ1) is 14.7. The van der Waals surface area contributed by atoms with E-state index in [1.807, 2.05) is 18.2 Å². The van der Waals surface area contributed by atoms with Crippen LogP contribution in [0, 0.1) is 0 Å². The number of halogens is 1. The summed E-state index contributed by atoms with van der Waals surface area (Å²) in [6.45, 7) is 3.87. The molecule has 0 heterocycles. The fourth-order valence-corrected chi connectivity index (χ4v) is 2.62. The van der Waals surface area contributed by atoms with Gasteiger partial charge < -0.3 is 5.32 Å². The maximum Gasteiger partial charge on any atom is 0.333 e. The Balaban J connectivity index is 1.78. The van der Waals surface area contributed by atoms with Crippen LogP contribution in [0.5, 0.6) is 0 Å². The molecule has 3 N–H and O–H groups in total. The molecule has 1 aliphatic carbocycles. The van der Waals surface area contributed by atoms with E-state index < -0.39 is 0 Å². The van der Waals surface area contributed by atoms with Crippen molar-refractivity contribution in [3.63, 3.8) is 0 Å². The maximum atomic E-state index is 11.8. The van der Waals surface area contributed by atoms with Crippen LogP contribution in [0.3, 0.4) is 0 Å². The summed E-state index contributed by atoms with van der Waals surface area (Å²) in [5.74, 6) is 0. The minimum Gasteiger partial charge on any atom is -0.334 e. The molecule has 1 aliphatic rings. The van der Waals surface area contributed by atoms with Crippen LogP contribution in [0.1, 0.15) is 37.7 Å². The predicted molar refractivity (Wildman–Crippen MR) is 82.2 cm³/mol. The number of nitrogens with one attached hydrogen (secondary N) is 3. The summed E-state index contributed by atoms with van der Waals surface area (Å²) >= 11 is 6.06. The van der Waals surface area contributed by atoms with Gasteiger partial charge in [-0.25, -0.2) is 4.79 Å². The highest BCUT2D eigenvalue weighted by atomic mass is 35.5. The van der Waals surface area contributed by atoms with Crippen molar-refractivity contribution in [1.82, 2.24) is 16.2 Å². The van der Waals surface area contributed by atoms with Crippen LogP contribution in [0.25, 0.3) is 5.70 Å². The molecular formula is C15H20ClN3O. The van der Waals surface area contributed by atoms with Crippen molar-refractivity contribution >= 4 is 23.3 Å². The van der Waals surface area contributed by atoms with Crippen LogP contribution in [-0.4, -0.2) is 12.1 Å². The Kier molecular flexibility index (Phi) is 5.30. The van der Waals surface area contributed by atoms with Crippen molar-refractivity contribution in [1.29, 1.82) is 0 Å². The molecule has 5 heteroatoms. The summed E-state index contributed by atoms with van der Waals surface area (Å²) < 4.78 is 0. The second-order valence-corrected chi connectivity index (χ2v) is 5.42. The number of hydrogen-bond donors (Lipinski definition) is 3. The molecule has 0 unspecified atom stereocenters. The van der Waals surface area contributed by atoms with E-state index in [4.69, 9.17) is 11.6 Å². The minimum absolute atomic E-state index is 0.231. The van der Waals surface area contributed by atoms with Gasteiger partial charge in [0.05, 0.1) is 5.70 Å². The Morgan fingerprint density at radius 2 is 1.85 bits per heavy atom. The molecule has 0 saturated heterocycles. The zero-order chi connectivity index (χ0) is 14.4. The SMILES string of the molecule is C=C(NNC(=O)NC1CCCCC1)c1ccccc1Cl. The van der Waals surface area contributed by atoms with E-state index in [0.717, 1.165) is 18.4 Å². The third-order valence-corrected chi connectivity index (χ3v) is 3.80. The number of amides is 2. The van der Waals surface area contributed by atoms with E-state index >= 15 is 0 Å². The summed E-state index contributed by atoms with van der Waals surface area (Å²) in [4.78, 5) is 11.8. The van der Waals surface area contributed by atoms with Crippen molar-refractivity contribution < 1.29 is 4.79 Å². The van der Waals surface area contributed by atoms with Gasteiger partial charge in [0.15, 0.2) is 0 Å². The van der Waals surface area contributed by atoms with Crippen LogP contribution in [0.2, 0.25) is 5.02 Å². The first-order valence-corrected chi connectivity index (χ1v) is 7.31. The molecule has 0 aliphatic heterocycles. The van der Waals surface area contributed by atoms with Crippen LogP contribution < -0.4 is 16.2 Å². The fraction of sp³-hybridized carbons (Fsp3) is 0.400. The lowest BCUT2D eigenvalue weighted by atomic mass is 9.96. The largest absolute Gasteiger partial charge is 0.334 e. The number of hydrogen-bond acceptors (Lipinski definition) is 2. The van der Waals surface area contributed by atoms with Gasteiger partial charge in [-0.2, -0.15) is 0 Å². The summed E-state index contributed by atoms with van der Waals surface area (Å²) in [5, 5.41) is 3.55. The zero-order valence-electron chi connectivity index (χ0n) is 11.4. The number of carbonyl (C=O) groups excluding carboxylic acids is 1. The molecule has 0 bridgehead atoms. The Hall–Kier alpha value is -1.68. The van der Waals surface area contributed by atoms with E-state index in [1.165, 1.54) is 19.3 Å². The second kappa shape index (κ2) is 7.20. The van der Waals surface area contributed by atoms with Crippen molar-refractivity contribution in [3.8, 4) is 0 Å². The highest BCUT2D eigenvalue weighted by Crippen LogP contribution is 2.20. The number of rotatable bonds is 4. The lowest BCUT2D eigenvalue weighted by Gasteiger charge is -2.23. The lowest BCUT2D eigenvalue weighted by Crippen LogP contribution is -2.47. The van der Waals surface area contributed by atoms with Crippen LogP contribution in [0.4, 0.5) is 4.79 Å². The van der Waals surface area contributed by atoms with E-state index in [2.05, 4.69) is 22.7 Å². The highest BCUT2D eigenvalue weighted by Gasteiger charge is 2.15. The number of carbonyl (C=O) groups is 1. The smallest absolute Gasteiger partial charge is 0.333 e. The average Bonchev–Trinajstić information content (AvgIpc) is 2.46. The first-order valence-electron chi connectivity index (χ1n) is 6.93. The lowest BCUT2D eigenvalue weighted by molar-refractivity contribution is 0.230. The van der Waals surface area contributed by atoms with E-state index in [0.29, 0.717) is 10.7 Å². The van der Waals surface area contributed by atoms with Gasteiger partial charge in [-0.05, 0) is 18.9 Å². The van der Waals surface area contributed by atoms with Gasteiger partial charge in [-0.1, -0.05) is 55.6 Å². The molecule has 0 atom stereocenters. The van der Waals surface area contributed by atoms with Gasteiger partial charge in [-0.3, -0.25) is 10.9 Å². The Morgan fingerprint density at radius 3 is 2.55 bits per heavy atom. The first-order chi connectivity index (χ1) is 9.66. The molecule has 20 heavy (non-hydrogen) atoms. The molecule has 108 valence electrons. The topological polar surface area (TPSA) is 53.2 Å². The Bertz CT molecular complexity index is 484. The molecule has 0 spiro atoms. The standard InChI is InChI=1S/C15H20ClN3O/c1-11(13-9-5-6-10-14(13)16)18-19-15(20)17-12-7-3-2-4-8-12/h5-6,9-10,12,18H,1-4,7-8H2,(H2,17,19,20). The van der Waals surface area contributed by atoms with Gasteiger partial charge in [0, 0.05) is 16.6 Å². The molecule has 1 aromatic rings. The van der Waals surface area contributed by atoms with Gasteiger partial charge >= 0.3 is 6.03 Å². The summed E-state index contributed by atoms with van der Waals surface area (Å²) in [5.41, 5.74) is 6.72. The summed E-state index contributed by atoms with van der Waals surface area (Å²) in [6, 6.07) is 7.40. The van der Waals surface area contributed by atoms with E-state index in [9.17, 15) is 4.79 Å². The van der Waals surface area contributed by atoms with Crippen LogP contribution in [-0.2, 0) is 0 Å². The zero-order valence-corrected chi connectivity index (χ0v) is 12.2. The average molecular weight is 294 g/mol. The number of benzene rings is 1. The molecule has 0 radical (unpaired) electrons. The van der Waals surface area contributed by atoms with E-state index in [-0.39, 0.29) is 12.1 Å². The van der Waals surface area contributed by atoms with Crippen molar-refractivity contribution in [2.75, 3.05) is 0 Å². The molecule has 1 saturated carbocycles. The molecular weight excluding hydrogens is 274 g/mol. The van der Waals surface area contributed by atoms with Gasteiger partial charge in [0.2, 0.25) is 0 Å². The molecule has 4 nitrogen and oxygen atoms in total. The van der Waals surface area contributed by atoms with Crippen LogP contribution in [0.15, 0.2) is 30.8 Å². The molecule has 1 fully saturated rings. The fourth-order valence-electron chi connectivity index (χ4n) is 2.37. The van der Waals surface area contributed by atoms with Crippen molar-refractivity contribution in [2.24, 2.45) is 0 Å². The third-order valence-electron chi connectivity index (χ3n) is 3.47. The van der Waals surface area contributed by atoms with Gasteiger partial charge in [0.25, 0.3) is 0 Å². The predicted octanol–water partition coefficient (Wildman–Crippen LogP) is 3.45. The van der Waals surface area contributed by atoms with Gasteiger partial charge in [-0.15, -0.1) is 0 Å². The Morgan fingerprint density at radius 1 is 1.15 bits per heavy atom. The monoisotopic (exact) mass is 293 g/mol. The molecule has 2 amide bonds. The highest BCUT2D eigenvalue weighted by molar-refractivity contribution is 6.32. The number of hydrazine groups is 1.